The molecule has 2 aromatic carbocycles. The number of pyridine rings is 2. The van der Waals surface area contributed by atoms with Crippen molar-refractivity contribution in [3.63, 3.8) is 0 Å². The molecule has 4 rings (SSSR count). The first-order valence-corrected chi connectivity index (χ1v) is 9.41. The summed E-state index contributed by atoms with van der Waals surface area (Å²) >= 11 is 0. The minimum atomic E-state index is 0.385. The van der Waals surface area contributed by atoms with Gasteiger partial charge in [-0.3, -0.25) is 9.97 Å². The van der Waals surface area contributed by atoms with E-state index < -0.39 is 0 Å². The van der Waals surface area contributed by atoms with Crippen molar-refractivity contribution in [1.29, 1.82) is 0 Å². The molecule has 4 N–H and O–H groups in total. The normalized spacial score (nSPS) is 12.0. The summed E-state index contributed by atoms with van der Waals surface area (Å²) < 4.78 is 0. The maximum Gasteiger partial charge on any atom is 0.150 e. The van der Waals surface area contributed by atoms with E-state index in [0.29, 0.717) is 23.1 Å². The van der Waals surface area contributed by atoms with Gasteiger partial charge in [0.1, 0.15) is 23.1 Å². The fourth-order valence-electron chi connectivity index (χ4n) is 2.88. The van der Waals surface area contributed by atoms with Crippen LogP contribution in [0, 0.1) is 0 Å². The summed E-state index contributed by atoms with van der Waals surface area (Å²) in [4.78, 5) is 17.3. The van der Waals surface area contributed by atoms with Crippen LogP contribution in [0.4, 0.5) is 11.4 Å². The van der Waals surface area contributed by atoms with E-state index in [1.165, 1.54) is 0 Å². The smallest absolute Gasteiger partial charge is 0.150 e. The maximum absolute atomic E-state index is 6.03. The van der Waals surface area contributed by atoms with Gasteiger partial charge in [-0.05, 0) is 59.7 Å². The summed E-state index contributed by atoms with van der Waals surface area (Å²) in [5.41, 5.74) is 17.1. The molecule has 0 fully saturated rings. The molecule has 0 unspecified atom stereocenters. The van der Waals surface area contributed by atoms with Gasteiger partial charge in [0.15, 0.2) is 0 Å². The molecule has 0 saturated carbocycles. The Morgan fingerprint density at radius 3 is 1.27 bits per heavy atom. The number of amidine groups is 2. The highest BCUT2D eigenvalue weighted by Gasteiger charge is 2.03. The molecule has 30 heavy (non-hydrogen) atoms. The Morgan fingerprint density at radius 1 is 0.533 bits per heavy atom. The molecule has 0 spiro atoms. The highest BCUT2D eigenvalue weighted by Crippen LogP contribution is 2.25. The molecule has 0 aliphatic carbocycles. The summed E-state index contributed by atoms with van der Waals surface area (Å²) in [5, 5.41) is 0. The van der Waals surface area contributed by atoms with E-state index in [1.807, 2.05) is 84.9 Å². The summed E-state index contributed by atoms with van der Waals surface area (Å²) in [5.74, 6) is 0.770. The Balaban J connectivity index is 1.50. The van der Waals surface area contributed by atoms with Crippen LogP contribution in [0.15, 0.2) is 107 Å². The summed E-state index contributed by atoms with van der Waals surface area (Å²) in [6.07, 6.45) is 3.39. The van der Waals surface area contributed by atoms with Crippen LogP contribution in [-0.2, 0) is 0 Å². The number of hydrogen-bond acceptors (Lipinski definition) is 4. The van der Waals surface area contributed by atoms with Crippen LogP contribution in [0.3, 0.4) is 0 Å². The van der Waals surface area contributed by atoms with Crippen LogP contribution < -0.4 is 11.5 Å². The maximum atomic E-state index is 6.03. The van der Waals surface area contributed by atoms with Crippen molar-refractivity contribution in [1.82, 2.24) is 9.97 Å². The van der Waals surface area contributed by atoms with Gasteiger partial charge >= 0.3 is 0 Å². The summed E-state index contributed by atoms with van der Waals surface area (Å²) in [6, 6.07) is 26.8. The molecule has 6 nitrogen and oxygen atoms in total. The van der Waals surface area contributed by atoms with Crippen molar-refractivity contribution in [3.8, 4) is 11.1 Å². The second-order valence-electron chi connectivity index (χ2n) is 6.52. The topological polar surface area (TPSA) is 103 Å². The third-order valence-corrected chi connectivity index (χ3v) is 4.42. The second-order valence-corrected chi connectivity index (χ2v) is 6.52. The molecular formula is C24H20N6. The molecule has 0 aliphatic rings. The van der Waals surface area contributed by atoms with E-state index in [-0.39, 0.29) is 0 Å². The van der Waals surface area contributed by atoms with Gasteiger partial charge in [0.05, 0.1) is 11.4 Å². The molecule has 0 saturated heterocycles. The SMILES string of the molecule is NC(=Nc1ccc(-c2ccc(N=C(N)c3ccccn3)cc2)cc1)c1ccccn1. The minimum Gasteiger partial charge on any atom is -0.382 e. The fourth-order valence-corrected chi connectivity index (χ4v) is 2.88. The highest BCUT2D eigenvalue weighted by atomic mass is 14.9. The average molecular weight is 392 g/mol. The molecule has 0 amide bonds. The average Bonchev–Trinajstić information content (AvgIpc) is 2.81. The van der Waals surface area contributed by atoms with Crippen LogP contribution in [0.5, 0.6) is 0 Å². The van der Waals surface area contributed by atoms with Crippen molar-refractivity contribution >= 4 is 23.0 Å². The van der Waals surface area contributed by atoms with Crippen LogP contribution in [0.1, 0.15) is 11.4 Å². The molecule has 0 aliphatic heterocycles. The lowest BCUT2D eigenvalue weighted by Crippen LogP contribution is -2.14. The standard InChI is InChI=1S/C24H20N6/c25-23(21-5-1-3-15-27-21)29-19-11-7-17(8-12-19)18-9-13-20(14-10-18)30-24(26)22-6-2-4-16-28-22/h1-16H,(H2,25,29)(H2,26,30). The minimum absolute atomic E-state index is 0.385. The van der Waals surface area contributed by atoms with Gasteiger partial charge in [0.25, 0.3) is 0 Å². The highest BCUT2D eigenvalue weighted by molar-refractivity contribution is 5.98. The van der Waals surface area contributed by atoms with Gasteiger partial charge in [0, 0.05) is 12.4 Å². The zero-order chi connectivity index (χ0) is 20.8. The Morgan fingerprint density at radius 2 is 0.933 bits per heavy atom. The Hall–Kier alpha value is -4.32. The number of rotatable bonds is 5. The number of benzene rings is 2. The number of aliphatic imine (C=N–C) groups is 2. The molecule has 4 aromatic rings. The van der Waals surface area contributed by atoms with Crippen molar-refractivity contribution in [2.24, 2.45) is 21.5 Å². The zero-order valence-electron chi connectivity index (χ0n) is 16.2. The Labute approximate surface area is 174 Å². The molecule has 0 atom stereocenters. The first-order valence-electron chi connectivity index (χ1n) is 9.41. The van der Waals surface area contributed by atoms with Crippen LogP contribution >= 0.6 is 0 Å². The monoisotopic (exact) mass is 392 g/mol. The van der Waals surface area contributed by atoms with Gasteiger partial charge < -0.3 is 11.5 Å². The van der Waals surface area contributed by atoms with E-state index in [9.17, 15) is 0 Å². The molecule has 0 bridgehead atoms. The summed E-state index contributed by atoms with van der Waals surface area (Å²) in [6.45, 7) is 0. The summed E-state index contributed by atoms with van der Waals surface area (Å²) in [7, 11) is 0. The largest absolute Gasteiger partial charge is 0.382 e. The first kappa shape index (κ1) is 19.0. The Bertz CT molecular complexity index is 1070. The molecule has 2 aromatic heterocycles. The van der Waals surface area contributed by atoms with E-state index >= 15 is 0 Å². The van der Waals surface area contributed by atoms with Gasteiger partial charge in [-0.25, -0.2) is 9.98 Å². The molecular weight excluding hydrogens is 372 g/mol. The molecule has 6 heteroatoms. The lowest BCUT2D eigenvalue weighted by atomic mass is 10.1. The van der Waals surface area contributed by atoms with E-state index in [2.05, 4.69) is 20.0 Å². The Kier molecular flexibility index (Phi) is 5.57. The third kappa shape index (κ3) is 4.56. The molecule has 2 heterocycles. The van der Waals surface area contributed by atoms with E-state index in [4.69, 9.17) is 11.5 Å². The fraction of sp³-hybridized carbons (Fsp3) is 0. The van der Waals surface area contributed by atoms with Crippen LogP contribution in [0.2, 0.25) is 0 Å². The van der Waals surface area contributed by atoms with Gasteiger partial charge in [0.2, 0.25) is 0 Å². The van der Waals surface area contributed by atoms with E-state index in [0.717, 1.165) is 22.5 Å². The van der Waals surface area contributed by atoms with Crippen LogP contribution in [0.25, 0.3) is 11.1 Å². The van der Waals surface area contributed by atoms with Crippen molar-refractivity contribution in [2.45, 2.75) is 0 Å². The molecule has 0 radical (unpaired) electrons. The predicted octanol–water partition coefficient (Wildman–Crippen LogP) is 4.22. The predicted molar refractivity (Wildman–Crippen MR) is 121 cm³/mol. The zero-order valence-corrected chi connectivity index (χ0v) is 16.2. The first-order chi connectivity index (χ1) is 14.7. The van der Waals surface area contributed by atoms with Crippen LogP contribution in [-0.4, -0.2) is 21.6 Å². The van der Waals surface area contributed by atoms with E-state index in [1.54, 1.807) is 12.4 Å². The second kappa shape index (κ2) is 8.79. The van der Waals surface area contributed by atoms with Gasteiger partial charge in [-0.15, -0.1) is 0 Å². The number of nitrogens with zero attached hydrogens (tertiary/aromatic N) is 4. The quantitative estimate of drug-likeness (QED) is 0.392. The lowest BCUT2D eigenvalue weighted by Gasteiger charge is -2.05. The van der Waals surface area contributed by atoms with Gasteiger partial charge in [-0.1, -0.05) is 36.4 Å². The molecule has 146 valence electrons. The van der Waals surface area contributed by atoms with Crippen molar-refractivity contribution in [2.75, 3.05) is 0 Å². The number of hydrogen-bond donors (Lipinski definition) is 2. The van der Waals surface area contributed by atoms with Gasteiger partial charge in [-0.2, -0.15) is 0 Å². The lowest BCUT2D eigenvalue weighted by molar-refractivity contribution is 1.27. The van der Waals surface area contributed by atoms with Crippen molar-refractivity contribution < 1.29 is 0 Å². The number of nitrogens with two attached hydrogens (primary N) is 2. The van der Waals surface area contributed by atoms with Crippen molar-refractivity contribution in [3.05, 3.63) is 109 Å². The number of aromatic nitrogens is 2. The third-order valence-electron chi connectivity index (χ3n) is 4.42.